The normalized spacial score (nSPS) is 32.4. The molecule has 5 heteroatoms. The van der Waals surface area contributed by atoms with Crippen molar-refractivity contribution in [2.75, 3.05) is 23.0 Å². The monoisotopic (exact) mass is 298 g/mol. The van der Waals surface area contributed by atoms with E-state index in [2.05, 4.69) is 72.7 Å². The summed E-state index contributed by atoms with van der Waals surface area (Å²) in [6.45, 7) is 4.73. The molecule has 2 aliphatic rings. The van der Waals surface area contributed by atoms with E-state index in [9.17, 15) is 0 Å². The van der Waals surface area contributed by atoms with Crippen LogP contribution < -0.4 is 0 Å². The predicted octanol–water partition coefficient (Wildman–Crippen LogP) is 4.11. The van der Waals surface area contributed by atoms with Crippen LogP contribution in [0.15, 0.2) is 0 Å². The zero-order valence-electron chi connectivity index (χ0n) is 9.18. The average molecular weight is 299 g/mol. The van der Waals surface area contributed by atoms with Gasteiger partial charge in [-0.1, -0.05) is 0 Å². The minimum Gasteiger partial charge on any atom is -0.156 e. The van der Waals surface area contributed by atoms with Crippen LogP contribution in [0.4, 0.5) is 0 Å². The molecule has 0 nitrogen and oxygen atoms in total. The van der Waals surface area contributed by atoms with Crippen LogP contribution in [-0.2, 0) is 0 Å². The second-order valence-electron chi connectivity index (χ2n) is 3.85. The van der Waals surface area contributed by atoms with Gasteiger partial charge in [-0.3, -0.25) is 0 Å². The van der Waals surface area contributed by atoms with Crippen LogP contribution in [-0.4, -0.2) is 42.7 Å². The first kappa shape index (κ1) is 13.2. The fourth-order valence-corrected chi connectivity index (χ4v) is 7.27. The van der Waals surface area contributed by atoms with Crippen LogP contribution >= 0.6 is 58.8 Å². The molecule has 0 aromatic carbocycles. The van der Waals surface area contributed by atoms with E-state index in [1.807, 2.05) is 0 Å². The quantitative estimate of drug-likeness (QED) is 0.487. The third-order valence-electron chi connectivity index (χ3n) is 2.22. The summed E-state index contributed by atoms with van der Waals surface area (Å²) >= 11 is 10.7. The molecule has 0 aromatic rings. The van der Waals surface area contributed by atoms with Crippen molar-refractivity contribution < 1.29 is 0 Å². The van der Waals surface area contributed by atoms with E-state index >= 15 is 0 Å². The molecule has 0 aromatic heterocycles. The molecule has 2 saturated heterocycles. The molecule has 4 atom stereocenters. The highest BCUT2D eigenvalue weighted by atomic mass is 32.2. The molecule has 15 heavy (non-hydrogen) atoms. The molecule has 0 radical (unpaired) electrons. The SMILES string of the molecule is CC(SCC1CS1)SC(C)SCC1CS1. The van der Waals surface area contributed by atoms with Gasteiger partial charge >= 0.3 is 0 Å². The smallest absolute Gasteiger partial charge is 0.0485 e. The number of hydrogen-bond donors (Lipinski definition) is 0. The van der Waals surface area contributed by atoms with Crippen molar-refractivity contribution in [2.45, 2.75) is 33.5 Å². The molecule has 2 rings (SSSR count). The Balaban J connectivity index is 1.48. The van der Waals surface area contributed by atoms with Crippen molar-refractivity contribution in [3.63, 3.8) is 0 Å². The Morgan fingerprint density at radius 3 is 1.73 bits per heavy atom. The van der Waals surface area contributed by atoms with Gasteiger partial charge in [0, 0.05) is 42.7 Å². The average Bonchev–Trinajstić information content (AvgIpc) is 3.04. The van der Waals surface area contributed by atoms with Crippen LogP contribution in [0.1, 0.15) is 13.8 Å². The number of rotatable bonds is 8. The zero-order chi connectivity index (χ0) is 10.7. The van der Waals surface area contributed by atoms with E-state index in [0.717, 1.165) is 19.7 Å². The fraction of sp³-hybridized carbons (Fsp3) is 1.00. The molecular weight excluding hydrogens is 280 g/mol. The summed E-state index contributed by atoms with van der Waals surface area (Å²) in [5.74, 6) is 5.56. The first-order valence-corrected chi connectivity index (χ1v) is 10.5. The van der Waals surface area contributed by atoms with E-state index in [1.165, 1.54) is 23.0 Å². The van der Waals surface area contributed by atoms with Gasteiger partial charge in [-0.25, -0.2) is 0 Å². The molecule has 0 spiro atoms. The van der Waals surface area contributed by atoms with E-state index in [-0.39, 0.29) is 0 Å². The second-order valence-corrected chi connectivity index (χ2v) is 11.5. The summed E-state index contributed by atoms with van der Waals surface area (Å²) in [4.78, 5) is 0. The van der Waals surface area contributed by atoms with Crippen molar-refractivity contribution in [2.24, 2.45) is 0 Å². The highest BCUT2D eigenvalue weighted by molar-refractivity contribution is 8.24. The third kappa shape index (κ3) is 6.29. The lowest BCUT2D eigenvalue weighted by Crippen LogP contribution is -2.02. The van der Waals surface area contributed by atoms with Crippen molar-refractivity contribution in [3.8, 4) is 0 Å². The van der Waals surface area contributed by atoms with Crippen LogP contribution in [0, 0.1) is 0 Å². The van der Waals surface area contributed by atoms with Crippen LogP contribution in [0.25, 0.3) is 0 Å². The molecule has 2 heterocycles. The van der Waals surface area contributed by atoms with Gasteiger partial charge in [0.15, 0.2) is 0 Å². The van der Waals surface area contributed by atoms with Crippen molar-refractivity contribution in [1.29, 1.82) is 0 Å². The van der Waals surface area contributed by atoms with Gasteiger partial charge in [0.05, 0.1) is 0 Å². The van der Waals surface area contributed by atoms with Gasteiger partial charge in [0.2, 0.25) is 0 Å². The maximum absolute atomic E-state index is 2.37. The Labute approximate surface area is 115 Å². The molecule has 0 saturated carbocycles. The lowest BCUT2D eigenvalue weighted by atomic mass is 10.6. The van der Waals surface area contributed by atoms with Crippen LogP contribution in [0.2, 0.25) is 0 Å². The number of thioether (sulfide) groups is 5. The molecule has 0 amide bonds. The molecule has 4 unspecified atom stereocenters. The van der Waals surface area contributed by atoms with E-state index in [1.54, 1.807) is 0 Å². The Morgan fingerprint density at radius 2 is 1.40 bits per heavy atom. The molecule has 2 aliphatic heterocycles. The highest BCUT2D eigenvalue weighted by Gasteiger charge is 2.25. The second kappa shape index (κ2) is 6.62. The van der Waals surface area contributed by atoms with Gasteiger partial charge in [-0.2, -0.15) is 23.5 Å². The summed E-state index contributed by atoms with van der Waals surface area (Å²) in [7, 11) is 0. The Bertz CT molecular complexity index is 170. The van der Waals surface area contributed by atoms with E-state index in [4.69, 9.17) is 0 Å². The topological polar surface area (TPSA) is 0 Å². The summed E-state index contributed by atoms with van der Waals surface area (Å²) in [6, 6.07) is 0. The van der Waals surface area contributed by atoms with Crippen LogP contribution in [0.5, 0.6) is 0 Å². The summed E-state index contributed by atoms with van der Waals surface area (Å²) in [5.41, 5.74) is 0. The minimum atomic E-state index is 0.778. The van der Waals surface area contributed by atoms with Gasteiger partial charge < -0.3 is 0 Å². The maximum Gasteiger partial charge on any atom is 0.0485 e. The van der Waals surface area contributed by atoms with Crippen molar-refractivity contribution in [3.05, 3.63) is 0 Å². The van der Waals surface area contributed by atoms with Gasteiger partial charge in [-0.05, 0) is 13.8 Å². The van der Waals surface area contributed by atoms with Crippen molar-refractivity contribution >= 4 is 58.8 Å². The Kier molecular flexibility index (Phi) is 5.82. The van der Waals surface area contributed by atoms with Crippen LogP contribution in [0.3, 0.4) is 0 Å². The predicted molar refractivity (Wildman–Crippen MR) is 83.9 cm³/mol. The Morgan fingerprint density at radius 1 is 1.00 bits per heavy atom. The zero-order valence-corrected chi connectivity index (χ0v) is 13.3. The number of hydrogen-bond acceptors (Lipinski definition) is 5. The van der Waals surface area contributed by atoms with Crippen molar-refractivity contribution in [1.82, 2.24) is 0 Å². The lowest BCUT2D eigenvalue weighted by Gasteiger charge is -2.16. The molecule has 88 valence electrons. The molecule has 0 aliphatic carbocycles. The Hall–Kier alpha value is 1.75. The summed E-state index contributed by atoms with van der Waals surface area (Å²) in [6.07, 6.45) is 0. The highest BCUT2D eigenvalue weighted by Crippen LogP contribution is 2.40. The first-order chi connectivity index (χ1) is 7.24. The van der Waals surface area contributed by atoms with Gasteiger partial charge in [-0.15, -0.1) is 35.3 Å². The van der Waals surface area contributed by atoms with E-state index in [0.29, 0.717) is 0 Å². The fourth-order valence-electron chi connectivity index (χ4n) is 1.16. The summed E-state index contributed by atoms with van der Waals surface area (Å²) in [5, 5.41) is 1.98. The molecule has 0 N–H and O–H groups in total. The largest absolute Gasteiger partial charge is 0.156 e. The standard InChI is InChI=1S/C10H18S5/c1-7(11-3-9-5-13-9)15-8(2)12-4-10-6-14-10/h7-10H,3-6H2,1-2H3. The minimum absolute atomic E-state index is 0.778. The van der Waals surface area contributed by atoms with Gasteiger partial charge in [0.1, 0.15) is 0 Å². The lowest BCUT2D eigenvalue weighted by molar-refractivity contribution is 1.24. The maximum atomic E-state index is 2.37. The molecular formula is C10H18S5. The molecule has 0 bridgehead atoms. The third-order valence-corrected chi connectivity index (χ3v) is 8.96. The molecule has 2 fully saturated rings. The van der Waals surface area contributed by atoms with E-state index < -0.39 is 0 Å². The van der Waals surface area contributed by atoms with Gasteiger partial charge in [0.25, 0.3) is 0 Å². The summed E-state index contributed by atoms with van der Waals surface area (Å²) < 4.78 is 1.56. The first-order valence-electron chi connectivity index (χ1n) is 5.36.